The van der Waals surface area contributed by atoms with E-state index in [9.17, 15) is 14.3 Å². The van der Waals surface area contributed by atoms with Crippen LogP contribution in [0.15, 0.2) is 48.8 Å². The maximum absolute atomic E-state index is 13.8. The van der Waals surface area contributed by atoms with Crippen molar-refractivity contribution in [2.45, 2.75) is 12.8 Å². The number of benzene rings is 2. The topological polar surface area (TPSA) is 58.4 Å². The Balaban J connectivity index is 1.62. The lowest BCUT2D eigenvalue weighted by atomic mass is 10.1. The summed E-state index contributed by atoms with van der Waals surface area (Å²) in [4.78, 5) is 13.3. The van der Waals surface area contributed by atoms with Crippen LogP contribution in [0.4, 0.5) is 10.1 Å². The number of hydrogen-bond donors (Lipinski definition) is 1. The maximum Gasteiger partial charge on any atom is 0.166 e. The molecule has 0 aliphatic carbocycles. The summed E-state index contributed by atoms with van der Waals surface area (Å²) in [5.41, 5.74) is 3.17. The van der Waals surface area contributed by atoms with E-state index in [-0.39, 0.29) is 5.56 Å². The predicted octanol–water partition coefficient (Wildman–Crippen LogP) is 3.80. The van der Waals surface area contributed by atoms with Gasteiger partial charge in [-0.15, -0.1) is 0 Å². The lowest BCUT2D eigenvalue weighted by molar-refractivity contribution is 0.112. The van der Waals surface area contributed by atoms with Gasteiger partial charge in [-0.2, -0.15) is 5.10 Å². The molecular weight excluding hydrogens is 333 g/mol. The standard InChI is InChI=1S/C20H18FN3O2/c21-19-10-14(9-15(13-25)20(19)26)16-11-22-24(12-16)18-5-3-17(4-6-18)23-7-1-2-8-23/h3-6,9-13,26H,1-2,7-8H2. The summed E-state index contributed by atoms with van der Waals surface area (Å²) in [6, 6.07) is 10.8. The number of halogens is 1. The van der Waals surface area contributed by atoms with Crippen LogP contribution in [-0.2, 0) is 0 Å². The Morgan fingerprint density at radius 1 is 1.04 bits per heavy atom. The average molecular weight is 351 g/mol. The number of aromatic nitrogens is 2. The molecule has 1 fully saturated rings. The molecule has 1 aliphatic heterocycles. The maximum atomic E-state index is 13.8. The Bertz CT molecular complexity index is 944. The van der Waals surface area contributed by atoms with Gasteiger partial charge in [-0.25, -0.2) is 9.07 Å². The fourth-order valence-electron chi connectivity index (χ4n) is 3.28. The van der Waals surface area contributed by atoms with Crippen molar-refractivity contribution in [3.63, 3.8) is 0 Å². The molecule has 132 valence electrons. The van der Waals surface area contributed by atoms with Crippen LogP contribution >= 0.6 is 0 Å². The van der Waals surface area contributed by atoms with Crippen LogP contribution in [0, 0.1) is 5.82 Å². The van der Waals surface area contributed by atoms with Crippen molar-refractivity contribution in [2.24, 2.45) is 0 Å². The van der Waals surface area contributed by atoms with Crippen molar-refractivity contribution < 1.29 is 14.3 Å². The zero-order chi connectivity index (χ0) is 18.1. The van der Waals surface area contributed by atoms with Crippen LogP contribution in [-0.4, -0.2) is 34.3 Å². The number of carbonyl (C=O) groups excluding carboxylic acids is 1. The highest BCUT2D eigenvalue weighted by Crippen LogP contribution is 2.29. The number of nitrogens with zero attached hydrogens (tertiary/aromatic N) is 3. The number of phenols is 1. The minimum atomic E-state index is -0.827. The fraction of sp³-hybridized carbons (Fsp3) is 0.200. The summed E-state index contributed by atoms with van der Waals surface area (Å²) >= 11 is 0. The quantitative estimate of drug-likeness (QED) is 0.727. The number of anilines is 1. The summed E-state index contributed by atoms with van der Waals surface area (Å²) in [5.74, 6) is -1.46. The van der Waals surface area contributed by atoms with E-state index in [4.69, 9.17) is 0 Å². The number of phenolic OH excluding ortho intramolecular Hbond substituents is 1. The SMILES string of the molecule is O=Cc1cc(-c2cnn(-c3ccc(N4CCCC4)cc3)c2)cc(F)c1O. The van der Waals surface area contributed by atoms with Gasteiger partial charge in [0.1, 0.15) is 0 Å². The first kappa shape index (κ1) is 16.3. The number of rotatable bonds is 4. The van der Waals surface area contributed by atoms with E-state index < -0.39 is 11.6 Å². The normalized spacial score (nSPS) is 14.0. The third-order valence-electron chi connectivity index (χ3n) is 4.72. The smallest absolute Gasteiger partial charge is 0.166 e. The second kappa shape index (κ2) is 6.63. The first-order valence-electron chi connectivity index (χ1n) is 8.54. The first-order chi connectivity index (χ1) is 12.7. The summed E-state index contributed by atoms with van der Waals surface area (Å²) in [6.45, 7) is 2.19. The van der Waals surface area contributed by atoms with Gasteiger partial charge in [-0.05, 0) is 54.8 Å². The van der Waals surface area contributed by atoms with Gasteiger partial charge in [0.15, 0.2) is 17.9 Å². The van der Waals surface area contributed by atoms with E-state index in [1.54, 1.807) is 17.1 Å². The molecule has 1 aromatic heterocycles. The molecule has 6 heteroatoms. The summed E-state index contributed by atoms with van der Waals surface area (Å²) < 4.78 is 15.5. The van der Waals surface area contributed by atoms with Crippen LogP contribution in [0.25, 0.3) is 16.8 Å². The van der Waals surface area contributed by atoms with Gasteiger partial charge in [-0.3, -0.25) is 4.79 Å². The van der Waals surface area contributed by atoms with Crippen molar-refractivity contribution in [3.8, 4) is 22.6 Å². The highest BCUT2D eigenvalue weighted by atomic mass is 19.1. The molecule has 0 spiro atoms. The molecule has 5 nitrogen and oxygen atoms in total. The second-order valence-corrected chi connectivity index (χ2v) is 6.40. The predicted molar refractivity (Wildman–Crippen MR) is 97.5 cm³/mol. The molecule has 0 atom stereocenters. The van der Waals surface area contributed by atoms with Gasteiger partial charge in [0, 0.05) is 30.5 Å². The van der Waals surface area contributed by atoms with E-state index in [0.717, 1.165) is 18.8 Å². The lowest BCUT2D eigenvalue weighted by Crippen LogP contribution is -2.17. The van der Waals surface area contributed by atoms with Gasteiger partial charge in [0.2, 0.25) is 0 Å². The van der Waals surface area contributed by atoms with E-state index in [1.807, 2.05) is 12.1 Å². The van der Waals surface area contributed by atoms with Crippen LogP contribution in [0.1, 0.15) is 23.2 Å². The molecule has 1 N–H and O–H groups in total. The largest absolute Gasteiger partial charge is 0.504 e. The molecule has 2 heterocycles. The van der Waals surface area contributed by atoms with Gasteiger partial charge in [-0.1, -0.05) is 0 Å². The molecule has 0 unspecified atom stereocenters. The Hall–Kier alpha value is -3.15. The number of hydrogen-bond acceptors (Lipinski definition) is 4. The third kappa shape index (κ3) is 2.94. The fourth-order valence-corrected chi connectivity index (χ4v) is 3.28. The minimum absolute atomic E-state index is 0.0808. The molecule has 4 rings (SSSR count). The van der Waals surface area contributed by atoms with E-state index in [1.165, 1.54) is 30.7 Å². The number of carbonyl (C=O) groups is 1. The lowest BCUT2D eigenvalue weighted by Gasteiger charge is -2.17. The minimum Gasteiger partial charge on any atom is -0.504 e. The Kier molecular flexibility index (Phi) is 4.16. The molecule has 0 bridgehead atoms. The van der Waals surface area contributed by atoms with Crippen molar-refractivity contribution in [1.82, 2.24) is 9.78 Å². The van der Waals surface area contributed by atoms with Crippen LogP contribution in [0.5, 0.6) is 5.75 Å². The first-order valence-corrected chi connectivity index (χ1v) is 8.54. The highest BCUT2D eigenvalue weighted by molar-refractivity contribution is 5.82. The summed E-state index contributed by atoms with van der Waals surface area (Å²) in [5, 5.41) is 13.9. The molecule has 26 heavy (non-hydrogen) atoms. The van der Waals surface area contributed by atoms with Crippen molar-refractivity contribution >= 4 is 12.0 Å². The number of aldehydes is 1. The molecule has 0 saturated carbocycles. The van der Waals surface area contributed by atoms with E-state index >= 15 is 0 Å². The molecule has 2 aromatic carbocycles. The Morgan fingerprint density at radius 2 is 1.73 bits per heavy atom. The Labute approximate surface area is 150 Å². The van der Waals surface area contributed by atoms with Crippen molar-refractivity contribution in [2.75, 3.05) is 18.0 Å². The van der Waals surface area contributed by atoms with Crippen LogP contribution in [0.2, 0.25) is 0 Å². The highest BCUT2D eigenvalue weighted by Gasteiger charge is 2.14. The van der Waals surface area contributed by atoms with E-state index in [2.05, 4.69) is 22.1 Å². The summed E-state index contributed by atoms with van der Waals surface area (Å²) in [6.07, 6.45) is 6.27. The zero-order valence-electron chi connectivity index (χ0n) is 14.1. The molecule has 1 aliphatic rings. The van der Waals surface area contributed by atoms with Crippen molar-refractivity contribution in [3.05, 3.63) is 60.2 Å². The van der Waals surface area contributed by atoms with E-state index in [0.29, 0.717) is 17.4 Å². The van der Waals surface area contributed by atoms with Crippen LogP contribution in [0.3, 0.4) is 0 Å². The zero-order valence-corrected chi connectivity index (χ0v) is 14.1. The van der Waals surface area contributed by atoms with Gasteiger partial charge >= 0.3 is 0 Å². The van der Waals surface area contributed by atoms with Gasteiger partial charge in [0.05, 0.1) is 17.4 Å². The van der Waals surface area contributed by atoms with Crippen molar-refractivity contribution in [1.29, 1.82) is 0 Å². The monoisotopic (exact) mass is 351 g/mol. The number of aromatic hydroxyl groups is 1. The molecule has 3 aromatic rings. The molecular formula is C20H18FN3O2. The summed E-state index contributed by atoms with van der Waals surface area (Å²) in [7, 11) is 0. The third-order valence-corrected chi connectivity index (χ3v) is 4.72. The molecule has 0 amide bonds. The average Bonchev–Trinajstić information content (AvgIpc) is 3.36. The van der Waals surface area contributed by atoms with Gasteiger partial charge in [0.25, 0.3) is 0 Å². The molecule has 1 saturated heterocycles. The second-order valence-electron chi connectivity index (χ2n) is 6.40. The molecule has 0 radical (unpaired) electrons. The Morgan fingerprint density at radius 3 is 2.42 bits per heavy atom. The van der Waals surface area contributed by atoms with Crippen LogP contribution < -0.4 is 4.90 Å². The van der Waals surface area contributed by atoms with Gasteiger partial charge < -0.3 is 10.0 Å².